The van der Waals surface area contributed by atoms with E-state index in [1.54, 1.807) is 55.6 Å². The van der Waals surface area contributed by atoms with Crippen molar-refractivity contribution in [3.8, 4) is 0 Å². The molecule has 0 fully saturated rings. The van der Waals surface area contributed by atoms with Crippen LogP contribution in [0.3, 0.4) is 0 Å². The molecule has 0 saturated carbocycles. The lowest BCUT2D eigenvalue weighted by Crippen LogP contribution is -2.30. The van der Waals surface area contributed by atoms with Crippen LogP contribution in [0.25, 0.3) is 0 Å². The molecule has 6 nitrogen and oxygen atoms in total. The number of nitrogens with zero attached hydrogens (tertiary/aromatic N) is 2. The van der Waals surface area contributed by atoms with Crippen molar-refractivity contribution in [2.24, 2.45) is 0 Å². The first kappa shape index (κ1) is 20.5. The van der Waals surface area contributed by atoms with Crippen molar-refractivity contribution in [2.45, 2.75) is 6.92 Å². The Balaban J connectivity index is 1.69. The largest absolute Gasteiger partial charge is 0.311 e. The molecule has 0 atom stereocenters. The number of rotatable bonds is 4. The molecule has 0 saturated heterocycles. The average molecular weight is 433 g/mol. The molecule has 7 heteroatoms. The van der Waals surface area contributed by atoms with E-state index in [0.29, 0.717) is 22.7 Å². The van der Waals surface area contributed by atoms with Crippen LogP contribution >= 0.6 is 11.6 Å². The molecule has 0 bridgehead atoms. The molecule has 0 spiro atoms. The Morgan fingerprint density at radius 2 is 1.71 bits per heavy atom. The number of aryl methyl sites for hydroxylation is 1. The highest BCUT2D eigenvalue weighted by Gasteiger charge is 2.37. The van der Waals surface area contributed by atoms with Crippen molar-refractivity contribution in [1.82, 2.24) is 0 Å². The predicted octanol–water partition coefficient (Wildman–Crippen LogP) is 4.54. The topological polar surface area (TPSA) is 74.8 Å². The van der Waals surface area contributed by atoms with Gasteiger partial charge >= 0.3 is 0 Å². The molecule has 1 heterocycles. The Labute approximate surface area is 183 Å². The van der Waals surface area contributed by atoms with Gasteiger partial charge in [-0.1, -0.05) is 35.4 Å². The van der Waals surface area contributed by atoms with Gasteiger partial charge in [0.1, 0.15) is 0 Å². The van der Waals surface area contributed by atoms with Crippen LogP contribution in [-0.2, 0) is 0 Å². The minimum absolute atomic E-state index is 0.239. The van der Waals surface area contributed by atoms with Crippen LogP contribution < -0.4 is 9.80 Å². The first-order valence-electron chi connectivity index (χ1n) is 9.44. The molecule has 31 heavy (non-hydrogen) atoms. The molecule has 3 aromatic carbocycles. The fourth-order valence-corrected chi connectivity index (χ4v) is 3.72. The molecule has 154 valence electrons. The zero-order valence-corrected chi connectivity index (χ0v) is 17.5. The van der Waals surface area contributed by atoms with Crippen molar-refractivity contribution < 1.29 is 19.2 Å². The highest BCUT2D eigenvalue weighted by Crippen LogP contribution is 2.32. The smallest absolute Gasteiger partial charge is 0.266 e. The molecular weight excluding hydrogens is 416 g/mol. The molecule has 4 rings (SSSR count). The van der Waals surface area contributed by atoms with Gasteiger partial charge in [0.25, 0.3) is 17.7 Å². The summed E-state index contributed by atoms with van der Waals surface area (Å²) in [6.45, 7) is 1.83. The lowest BCUT2D eigenvalue weighted by Gasteiger charge is -2.21. The number of carbonyl (C=O) groups excluding carboxylic acids is 4. The lowest BCUT2D eigenvalue weighted by molar-refractivity contribution is 0.0924. The molecule has 0 aliphatic carbocycles. The minimum Gasteiger partial charge on any atom is -0.311 e. The Morgan fingerprint density at radius 1 is 0.968 bits per heavy atom. The third-order valence-corrected chi connectivity index (χ3v) is 5.43. The van der Waals surface area contributed by atoms with Gasteiger partial charge in [0, 0.05) is 23.3 Å². The van der Waals surface area contributed by atoms with E-state index in [4.69, 9.17) is 11.6 Å². The summed E-state index contributed by atoms with van der Waals surface area (Å²) in [5.74, 6) is -1.31. The minimum atomic E-state index is -0.476. The summed E-state index contributed by atoms with van der Waals surface area (Å²) in [6.07, 6.45) is 0.640. The highest BCUT2D eigenvalue weighted by molar-refractivity contribution is 6.36. The summed E-state index contributed by atoms with van der Waals surface area (Å²) in [5.41, 5.74) is 2.73. The number of hydrogen-bond acceptors (Lipinski definition) is 4. The molecule has 3 amide bonds. The molecular formula is C24H17ClN2O4. The Bertz CT molecular complexity index is 1270. The second-order valence-corrected chi connectivity index (χ2v) is 7.66. The maximum atomic E-state index is 13.1. The third-order valence-electron chi connectivity index (χ3n) is 5.19. The van der Waals surface area contributed by atoms with E-state index < -0.39 is 11.8 Å². The van der Waals surface area contributed by atoms with E-state index in [0.717, 1.165) is 10.5 Å². The predicted molar refractivity (Wildman–Crippen MR) is 118 cm³/mol. The van der Waals surface area contributed by atoms with Gasteiger partial charge in [-0.15, -0.1) is 0 Å². The van der Waals surface area contributed by atoms with Crippen LogP contribution in [0.5, 0.6) is 0 Å². The second-order valence-electron chi connectivity index (χ2n) is 7.23. The van der Waals surface area contributed by atoms with Gasteiger partial charge in [-0.25, -0.2) is 4.90 Å². The van der Waals surface area contributed by atoms with E-state index in [-0.39, 0.29) is 28.2 Å². The van der Waals surface area contributed by atoms with Crippen LogP contribution in [-0.4, -0.2) is 31.1 Å². The van der Waals surface area contributed by atoms with Crippen LogP contribution in [0, 0.1) is 6.92 Å². The van der Waals surface area contributed by atoms with Gasteiger partial charge in [0.05, 0.1) is 22.4 Å². The van der Waals surface area contributed by atoms with Gasteiger partial charge in [-0.3, -0.25) is 19.2 Å². The number of imide groups is 1. The quantitative estimate of drug-likeness (QED) is 0.448. The highest BCUT2D eigenvalue weighted by atomic mass is 35.5. The number of benzene rings is 3. The number of fused-ring (bicyclic) bond motifs is 1. The average Bonchev–Trinajstić information content (AvgIpc) is 3.02. The van der Waals surface area contributed by atoms with Crippen molar-refractivity contribution >= 4 is 47.0 Å². The van der Waals surface area contributed by atoms with E-state index in [1.165, 1.54) is 17.0 Å². The fraction of sp³-hybridized carbons (Fsp3) is 0.0833. The summed E-state index contributed by atoms with van der Waals surface area (Å²) < 4.78 is 0. The van der Waals surface area contributed by atoms with Gasteiger partial charge in [0.2, 0.25) is 0 Å². The molecule has 3 aromatic rings. The third kappa shape index (κ3) is 3.51. The van der Waals surface area contributed by atoms with Gasteiger partial charge in [0.15, 0.2) is 6.29 Å². The number of hydrogen-bond donors (Lipinski definition) is 0. The number of carbonyl (C=O) groups is 4. The first-order chi connectivity index (χ1) is 14.8. The number of anilines is 2. The molecule has 0 N–H and O–H groups in total. The maximum absolute atomic E-state index is 13.1. The molecule has 0 unspecified atom stereocenters. The zero-order valence-electron chi connectivity index (χ0n) is 16.8. The fourth-order valence-electron chi connectivity index (χ4n) is 3.54. The Hall–Kier alpha value is -3.77. The number of halogens is 1. The summed E-state index contributed by atoms with van der Waals surface area (Å²) in [6, 6.07) is 16.1. The Kier molecular flexibility index (Phi) is 5.17. The summed E-state index contributed by atoms with van der Waals surface area (Å²) in [4.78, 5) is 52.5. The number of amides is 3. The molecule has 1 aliphatic heterocycles. The van der Waals surface area contributed by atoms with Crippen LogP contribution in [0.4, 0.5) is 11.4 Å². The maximum Gasteiger partial charge on any atom is 0.266 e. The van der Waals surface area contributed by atoms with E-state index in [9.17, 15) is 19.2 Å². The summed E-state index contributed by atoms with van der Waals surface area (Å²) in [5, 5.41) is 0.366. The molecule has 0 aromatic heterocycles. The normalized spacial score (nSPS) is 12.7. The standard InChI is InChI=1S/C24H17ClN2O4/c1-14-6-7-15(13-28)20(10-14)22(29)26(2)17-4-3-5-18(12-17)27-23(30)19-9-8-16(25)11-21(19)24(27)31/h3-13H,1-2H3. The van der Waals surface area contributed by atoms with E-state index >= 15 is 0 Å². The van der Waals surface area contributed by atoms with Crippen molar-refractivity contribution in [2.75, 3.05) is 16.8 Å². The van der Waals surface area contributed by atoms with Gasteiger partial charge in [-0.05, 0) is 49.4 Å². The van der Waals surface area contributed by atoms with E-state index in [1.807, 2.05) is 6.92 Å². The monoisotopic (exact) mass is 432 g/mol. The summed E-state index contributed by atoms with van der Waals surface area (Å²) >= 11 is 5.97. The van der Waals surface area contributed by atoms with Crippen LogP contribution in [0.1, 0.15) is 47.0 Å². The summed E-state index contributed by atoms with van der Waals surface area (Å²) in [7, 11) is 1.57. The lowest BCUT2D eigenvalue weighted by atomic mass is 10.0. The molecule has 1 aliphatic rings. The van der Waals surface area contributed by atoms with Crippen LogP contribution in [0.2, 0.25) is 5.02 Å². The SMILES string of the molecule is Cc1ccc(C=O)c(C(=O)N(C)c2cccc(N3C(=O)c4ccc(Cl)cc4C3=O)c2)c1. The van der Waals surface area contributed by atoms with Crippen molar-refractivity contribution in [3.05, 3.63) is 93.5 Å². The Morgan fingerprint density at radius 3 is 2.45 bits per heavy atom. The van der Waals surface area contributed by atoms with Crippen LogP contribution in [0.15, 0.2) is 60.7 Å². The second kappa shape index (κ2) is 7.81. The van der Waals surface area contributed by atoms with Gasteiger partial charge in [-0.2, -0.15) is 0 Å². The van der Waals surface area contributed by atoms with E-state index in [2.05, 4.69) is 0 Å². The van der Waals surface area contributed by atoms with Gasteiger partial charge < -0.3 is 4.90 Å². The van der Waals surface area contributed by atoms with Crippen molar-refractivity contribution in [1.29, 1.82) is 0 Å². The molecule has 0 radical (unpaired) electrons. The first-order valence-corrected chi connectivity index (χ1v) is 9.82. The van der Waals surface area contributed by atoms with Crippen molar-refractivity contribution in [3.63, 3.8) is 0 Å². The zero-order chi connectivity index (χ0) is 22.3. The number of aldehydes is 1.